The summed E-state index contributed by atoms with van der Waals surface area (Å²) in [6.07, 6.45) is 3.38. The van der Waals surface area contributed by atoms with E-state index in [0.29, 0.717) is 28.9 Å². The molecule has 0 bridgehead atoms. The third kappa shape index (κ3) is 1.91. The van der Waals surface area contributed by atoms with E-state index in [1.807, 2.05) is 12.1 Å². The summed E-state index contributed by atoms with van der Waals surface area (Å²) in [7, 11) is 0. The van der Waals surface area contributed by atoms with Crippen molar-refractivity contribution in [2.24, 2.45) is 0 Å². The van der Waals surface area contributed by atoms with Gasteiger partial charge in [-0.3, -0.25) is 9.78 Å². The Balaban J connectivity index is 2.17. The van der Waals surface area contributed by atoms with E-state index >= 15 is 0 Å². The molecule has 3 heterocycles. The minimum Gasteiger partial charge on any atom is -0.354 e. The Morgan fingerprint density at radius 2 is 1.95 bits per heavy atom. The quantitative estimate of drug-likeness (QED) is 0.693. The van der Waals surface area contributed by atoms with Gasteiger partial charge >= 0.3 is 0 Å². The molecule has 0 unspecified atom stereocenters. The van der Waals surface area contributed by atoms with E-state index < -0.39 is 0 Å². The molecule has 6 nitrogen and oxygen atoms in total. The lowest BCUT2D eigenvalue weighted by molar-refractivity contribution is 0.446. The minimum absolute atomic E-state index is 0.184. The second kappa shape index (κ2) is 4.31. The van der Waals surface area contributed by atoms with Crippen LogP contribution in [0, 0.1) is 13.8 Å². The van der Waals surface area contributed by atoms with Crippen LogP contribution >= 0.6 is 0 Å². The van der Waals surface area contributed by atoms with E-state index in [1.54, 1.807) is 26.2 Å². The average Bonchev–Trinajstić information content (AvgIpc) is 2.80. The van der Waals surface area contributed by atoms with Gasteiger partial charge in [0.15, 0.2) is 5.58 Å². The Bertz CT molecular complexity index is 790. The second-order valence-corrected chi connectivity index (χ2v) is 4.38. The monoisotopic (exact) mass is 256 g/mol. The lowest BCUT2D eigenvalue weighted by atomic mass is 10.2. The lowest BCUT2D eigenvalue weighted by Gasteiger charge is -2.05. The number of hydrogen-bond acceptors (Lipinski definition) is 5. The smallest absolute Gasteiger partial charge is 0.280 e. The predicted octanol–water partition coefficient (Wildman–Crippen LogP) is 1.44. The maximum atomic E-state index is 12.4. The van der Waals surface area contributed by atoms with Crippen molar-refractivity contribution in [3.8, 4) is 0 Å². The van der Waals surface area contributed by atoms with Gasteiger partial charge in [-0.15, -0.1) is 0 Å². The summed E-state index contributed by atoms with van der Waals surface area (Å²) in [5, 5.41) is 8.59. The number of hydrogen-bond donors (Lipinski definition) is 0. The molecule has 0 aromatic carbocycles. The van der Waals surface area contributed by atoms with Crippen molar-refractivity contribution in [1.82, 2.24) is 19.9 Å². The lowest BCUT2D eigenvalue weighted by Crippen LogP contribution is -2.24. The van der Waals surface area contributed by atoms with Crippen LogP contribution in [-0.2, 0) is 6.54 Å². The van der Waals surface area contributed by atoms with Crippen molar-refractivity contribution in [3.05, 3.63) is 51.8 Å². The van der Waals surface area contributed by atoms with E-state index in [9.17, 15) is 4.79 Å². The number of pyridine rings is 1. The normalized spacial score (nSPS) is 11.1. The van der Waals surface area contributed by atoms with Crippen molar-refractivity contribution in [1.29, 1.82) is 0 Å². The first-order chi connectivity index (χ1) is 9.16. The molecule has 3 aromatic heterocycles. The molecular weight excluding hydrogens is 244 g/mol. The van der Waals surface area contributed by atoms with Gasteiger partial charge in [0, 0.05) is 12.4 Å². The second-order valence-electron chi connectivity index (χ2n) is 4.38. The molecule has 0 aliphatic heterocycles. The van der Waals surface area contributed by atoms with Gasteiger partial charge in [-0.1, -0.05) is 5.16 Å². The van der Waals surface area contributed by atoms with Crippen LogP contribution in [0.1, 0.15) is 17.0 Å². The summed E-state index contributed by atoms with van der Waals surface area (Å²) in [4.78, 5) is 16.3. The first-order valence-corrected chi connectivity index (χ1v) is 5.89. The first kappa shape index (κ1) is 11.6. The summed E-state index contributed by atoms with van der Waals surface area (Å²) in [6.45, 7) is 3.96. The van der Waals surface area contributed by atoms with Gasteiger partial charge in [0.25, 0.3) is 5.56 Å². The van der Waals surface area contributed by atoms with Crippen LogP contribution in [0.5, 0.6) is 0 Å². The molecule has 0 fully saturated rings. The minimum atomic E-state index is -0.184. The Kier molecular flexibility index (Phi) is 2.63. The number of fused-ring (bicyclic) bond motifs is 1. The van der Waals surface area contributed by atoms with Gasteiger partial charge in [-0.05, 0) is 31.5 Å². The number of rotatable bonds is 2. The topological polar surface area (TPSA) is 73.8 Å². The van der Waals surface area contributed by atoms with Crippen LogP contribution < -0.4 is 5.56 Å². The van der Waals surface area contributed by atoms with Crippen molar-refractivity contribution in [3.63, 3.8) is 0 Å². The molecule has 0 atom stereocenters. The van der Waals surface area contributed by atoms with E-state index in [0.717, 1.165) is 5.56 Å². The summed E-state index contributed by atoms with van der Waals surface area (Å²) in [5.74, 6) is 0. The molecule has 0 spiro atoms. The van der Waals surface area contributed by atoms with E-state index in [2.05, 4.69) is 15.2 Å². The van der Waals surface area contributed by atoms with Crippen molar-refractivity contribution >= 4 is 11.0 Å². The van der Waals surface area contributed by atoms with Crippen molar-refractivity contribution in [2.45, 2.75) is 20.4 Å². The zero-order chi connectivity index (χ0) is 13.4. The van der Waals surface area contributed by atoms with Crippen LogP contribution in [0.4, 0.5) is 0 Å². The number of aryl methyl sites for hydroxylation is 2. The van der Waals surface area contributed by atoms with Gasteiger partial charge in [0.1, 0.15) is 11.1 Å². The van der Waals surface area contributed by atoms with E-state index in [-0.39, 0.29) is 5.56 Å². The van der Waals surface area contributed by atoms with Crippen molar-refractivity contribution in [2.75, 3.05) is 0 Å². The molecule has 0 amide bonds. The highest BCUT2D eigenvalue weighted by Crippen LogP contribution is 2.15. The summed E-state index contributed by atoms with van der Waals surface area (Å²) >= 11 is 0. The molecule has 6 heteroatoms. The average molecular weight is 256 g/mol. The third-order valence-electron chi connectivity index (χ3n) is 2.99. The third-order valence-corrected chi connectivity index (χ3v) is 2.99. The van der Waals surface area contributed by atoms with Crippen LogP contribution in [0.3, 0.4) is 0 Å². The summed E-state index contributed by atoms with van der Waals surface area (Å²) in [5.41, 5.74) is 2.50. The van der Waals surface area contributed by atoms with Gasteiger partial charge in [0.05, 0.1) is 12.2 Å². The molecule has 0 N–H and O–H groups in total. The van der Waals surface area contributed by atoms with Crippen LogP contribution in [-0.4, -0.2) is 19.9 Å². The van der Waals surface area contributed by atoms with Crippen LogP contribution in [0.15, 0.2) is 33.8 Å². The Morgan fingerprint density at radius 1 is 1.21 bits per heavy atom. The predicted molar refractivity (Wildman–Crippen MR) is 68.9 cm³/mol. The van der Waals surface area contributed by atoms with Crippen molar-refractivity contribution < 1.29 is 4.52 Å². The van der Waals surface area contributed by atoms with Crippen LogP contribution in [0.25, 0.3) is 11.0 Å². The highest BCUT2D eigenvalue weighted by atomic mass is 16.5. The largest absolute Gasteiger partial charge is 0.354 e. The Morgan fingerprint density at radius 3 is 2.68 bits per heavy atom. The Hall–Kier alpha value is -2.50. The Labute approximate surface area is 108 Å². The fourth-order valence-corrected chi connectivity index (χ4v) is 2.04. The summed E-state index contributed by atoms with van der Waals surface area (Å²) in [6, 6.07) is 3.71. The molecule has 0 aliphatic carbocycles. The molecule has 0 saturated heterocycles. The van der Waals surface area contributed by atoms with Gasteiger partial charge in [-0.25, -0.2) is 4.68 Å². The molecule has 0 aliphatic rings. The highest BCUT2D eigenvalue weighted by molar-refractivity contribution is 5.79. The first-order valence-electron chi connectivity index (χ1n) is 5.89. The van der Waals surface area contributed by atoms with Gasteiger partial charge in [0.2, 0.25) is 0 Å². The molecule has 0 saturated carbocycles. The van der Waals surface area contributed by atoms with Gasteiger partial charge < -0.3 is 4.52 Å². The SMILES string of the molecule is Cc1nn(Cc2ccncc2)c(=O)c2c(C)noc12. The molecule has 0 radical (unpaired) electrons. The number of nitrogens with zero attached hydrogens (tertiary/aromatic N) is 4. The molecule has 3 rings (SSSR count). The maximum Gasteiger partial charge on any atom is 0.280 e. The molecule has 3 aromatic rings. The number of aromatic nitrogens is 4. The van der Waals surface area contributed by atoms with E-state index in [4.69, 9.17) is 4.52 Å². The fourth-order valence-electron chi connectivity index (χ4n) is 2.04. The summed E-state index contributed by atoms with van der Waals surface area (Å²) < 4.78 is 6.56. The standard InChI is InChI=1S/C13H12N4O2/c1-8-11-12(19-16-8)9(2)15-17(13(11)18)7-10-3-5-14-6-4-10/h3-6H,7H2,1-2H3. The fraction of sp³-hybridized carbons (Fsp3) is 0.231. The van der Waals surface area contributed by atoms with Gasteiger partial charge in [-0.2, -0.15) is 5.10 Å². The molecule has 96 valence electrons. The molecular formula is C13H12N4O2. The maximum absolute atomic E-state index is 12.4. The zero-order valence-electron chi connectivity index (χ0n) is 10.6. The highest BCUT2D eigenvalue weighted by Gasteiger charge is 2.15. The zero-order valence-corrected chi connectivity index (χ0v) is 10.6. The van der Waals surface area contributed by atoms with E-state index in [1.165, 1.54) is 4.68 Å². The van der Waals surface area contributed by atoms with Crippen LogP contribution in [0.2, 0.25) is 0 Å². The molecule has 19 heavy (non-hydrogen) atoms.